The molecular weight excluding hydrogens is 253 g/mol. The van der Waals surface area contributed by atoms with E-state index in [0.717, 1.165) is 27.7 Å². The van der Waals surface area contributed by atoms with Crippen LogP contribution in [-0.2, 0) is 0 Å². The third kappa shape index (κ3) is 2.16. The largest absolute Gasteiger partial charge is 0.258 e. The maximum Gasteiger partial charge on any atom is 0.142 e. The van der Waals surface area contributed by atoms with Gasteiger partial charge in [-0.1, -0.05) is 12.6 Å². The van der Waals surface area contributed by atoms with E-state index >= 15 is 0 Å². The number of pyridine rings is 1. The van der Waals surface area contributed by atoms with Gasteiger partial charge in [-0.05, 0) is 36.3 Å². The van der Waals surface area contributed by atoms with E-state index < -0.39 is 0 Å². The number of benzene rings is 1. The molecule has 0 radical (unpaired) electrons. The second kappa shape index (κ2) is 4.81. The molecule has 0 saturated carbocycles. The quantitative estimate of drug-likeness (QED) is 0.711. The first-order valence-corrected chi connectivity index (χ1v) is 6.17. The molecule has 0 aliphatic carbocycles. The van der Waals surface area contributed by atoms with Gasteiger partial charge in [0.25, 0.3) is 0 Å². The van der Waals surface area contributed by atoms with E-state index in [2.05, 4.69) is 21.5 Å². The third-order valence-electron chi connectivity index (χ3n) is 3.23. The molecule has 4 heteroatoms. The van der Waals surface area contributed by atoms with Crippen LogP contribution in [0.25, 0.3) is 16.5 Å². The van der Waals surface area contributed by atoms with Crippen molar-refractivity contribution in [3.63, 3.8) is 0 Å². The molecule has 20 heavy (non-hydrogen) atoms. The Morgan fingerprint density at radius 1 is 1.15 bits per heavy atom. The van der Waals surface area contributed by atoms with E-state index in [1.165, 1.54) is 18.6 Å². The number of nitrogens with zero attached hydrogens (tertiary/aromatic N) is 3. The first-order valence-electron chi connectivity index (χ1n) is 6.17. The lowest BCUT2D eigenvalue weighted by Crippen LogP contribution is -1.95. The van der Waals surface area contributed by atoms with Gasteiger partial charge in [0, 0.05) is 22.8 Å². The summed E-state index contributed by atoms with van der Waals surface area (Å²) in [6, 6.07) is 7.22. The van der Waals surface area contributed by atoms with Gasteiger partial charge in [-0.2, -0.15) is 0 Å². The van der Waals surface area contributed by atoms with Crippen LogP contribution in [0.1, 0.15) is 16.8 Å². The molecule has 0 spiro atoms. The van der Waals surface area contributed by atoms with Gasteiger partial charge >= 0.3 is 0 Å². The molecule has 0 saturated heterocycles. The molecule has 0 atom stereocenters. The van der Waals surface area contributed by atoms with Crippen LogP contribution in [0, 0.1) is 12.7 Å². The number of halogens is 1. The van der Waals surface area contributed by atoms with E-state index in [4.69, 9.17) is 0 Å². The molecule has 0 aliphatic rings. The Morgan fingerprint density at radius 2 is 2.00 bits per heavy atom. The van der Waals surface area contributed by atoms with Gasteiger partial charge in [-0.25, -0.2) is 14.4 Å². The smallest absolute Gasteiger partial charge is 0.142 e. The minimum absolute atomic E-state index is 0.365. The fourth-order valence-corrected chi connectivity index (χ4v) is 2.14. The fraction of sp³-hybridized carbons (Fsp3) is 0.0625. The standard InChI is InChI=1S/C16H12FN3/c1-10(15-6-14(17)8-19-11(15)2)12-3-4-16-13(5-12)7-18-9-20-16/h3-9H,1H2,2H3. The summed E-state index contributed by atoms with van der Waals surface area (Å²) in [5, 5.41) is 0.924. The number of hydrogen-bond donors (Lipinski definition) is 0. The minimum atomic E-state index is -0.365. The van der Waals surface area contributed by atoms with E-state index in [1.54, 1.807) is 6.20 Å². The molecule has 3 aromatic rings. The lowest BCUT2D eigenvalue weighted by Gasteiger charge is -2.09. The molecule has 1 aromatic carbocycles. The second-order valence-corrected chi connectivity index (χ2v) is 4.56. The monoisotopic (exact) mass is 265 g/mol. The summed E-state index contributed by atoms with van der Waals surface area (Å²) >= 11 is 0. The Morgan fingerprint density at radius 3 is 2.85 bits per heavy atom. The van der Waals surface area contributed by atoms with Crippen molar-refractivity contribution in [2.75, 3.05) is 0 Å². The molecule has 98 valence electrons. The summed E-state index contributed by atoms with van der Waals surface area (Å²) in [7, 11) is 0. The molecule has 0 unspecified atom stereocenters. The lowest BCUT2D eigenvalue weighted by molar-refractivity contribution is 0.619. The van der Waals surface area contributed by atoms with Crippen LogP contribution >= 0.6 is 0 Å². The van der Waals surface area contributed by atoms with Crippen molar-refractivity contribution >= 4 is 16.5 Å². The highest BCUT2D eigenvalue weighted by atomic mass is 19.1. The summed E-state index contributed by atoms with van der Waals surface area (Å²) in [5.41, 5.74) is 3.97. The van der Waals surface area contributed by atoms with Crippen molar-refractivity contribution in [3.8, 4) is 0 Å². The first kappa shape index (κ1) is 12.4. The van der Waals surface area contributed by atoms with Crippen LogP contribution in [-0.4, -0.2) is 15.0 Å². The zero-order chi connectivity index (χ0) is 14.1. The molecular formula is C16H12FN3. The summed E-state index contributed by atoms with van der Waals surface area (Å²) in [5.74, 6) is -0.365. The summed E-state index contributed by atoms with van der Waals surface area (Å²) < 4.78 is 13.4. The zero-order valence-electron chi connectivity index (χ0n) is 11.0. The maximum atomic E-state index is 13.4. The summed E-state index contributed by atoms with van der Waals surface area (Å²) in [6.45, 7) is 5.89. The number of aryl methyl sites for hydroxylation is 1. The van der Waals surface area contributed by atoms with Crippen molar-refractivity contribution in [2.24, 2.45) is 0 Å². The van der Waals surface area contributed by atoms with Crippen LogP contribution in [0.2, 0.25) is 0 Å². The number of fused-ring (bicyclic) bond motifs is 1. The van der Waals surface area contributed by atoms with Gasteiger partial charge in [-0.3, -0.25) is 4.98 Å². The highest BCUT2D eigenvalue weighted by molar-refractivity contribution is 5.86. The van der Waals surface area contributed by atoms with E-state index in [-0.39, 0.29) is 5.82 Å². The SMILES string of the molecule is C=C(c1ccc2ncncc2c1)c1cc(F)cnc1C. The maximum absolute atomic E-state index is 13.4. The van der Waals surface area contributed by atoms with Gasteiger partial charge in [0.15, 0.2) is 0 Å². The molecule has 0 N–H and O–H groups in total. The van der Waals surface area contributed by atoms with Crippen molar-refractivity contribution in [1.82, 2.24) is 15.0 Å². The molecule has 0 fully saturated rings. The highest BCUT2D eigenvalue weighted by Gasteiger charge is 2.09. The predicted octanol–water partition coefficient (Wildman–Crippen LogP) is 3.53. The molecule has 2 heterocycles. The predicted molar refractivity (Wildman–Crippen MR) is 76.6 cm³/mol. The van der Waals surface area contributed by atoms with Gasteiger partial charge < -0.3 is 0 Å². The fourth-order valence-electron chi connectivity index (χ4n) is 2.14. The molecule has 0 amide bonds. The average Bonchev–Trinajstić information content (AvgIpc) is 2.48. The summed E-state index contributed by atoms with van der Waals surface area (Å²) in [4.78, 5) is 12.2. The number of aromatic nitrogens is 3. The van der Waals surface area contributed by atoms with Crippen molar-refractivity contribution < 1.29 is 4.39 Å². The molecule has 0 aliphatic heterocycles. The first-order chi connectivity index (χ1) is 9.65. The summed E-state index contributed by atoms with van der Waals surface area (Å²) in [6.07, 6.45) is 4.47. The Hall–Kier alpha value is -2.62. The topological polar surface area (TPSA) is 38.7 Å². The van der Waals surface area contributed by atoms with Gasteiger partial charge in [0.2, 0.25) is 0 Å². The van der Waals surface area contributed by atoms with E-state index in [9.17, 15) is 4.39 Å². The average molecular weight is 265 g/mol. The van der Waals surface area contributed by atoms with E-state index in [0.29, 0.717) is 5.56 Å². The molecule has 0 bridgehead atoms. The Balaban J connectivity index is 2.10. The van der Waals surface area contributed by atoms with Gasteiger partial charge in [-0.15, -0.1) is 0 Å². The van der Waals surface area contributed by atoms with Crippen LogP contribution in [0.15, 0.2) is 49.6 Å². The molecule has 2 aromatic heterocycles. The number of rotatable bonds is 2. The third-order valence-corrected chi connectivity index (χ3v) is 3.23. The van der Waals surface area contributed by atoms with Crippen LogP contribution in [0.3, 0.4) is 0 Å². The molecule has 3 nitrogen and oxygen atoms in total. The van der Waals surface area contributed by atoms with Crippen molar-refractivity contribution in [1.29, 1.82) is 0 Å². The van der Waals surface area contributed by atoms with Crippen LogP contribution in [0.4, 0.5) is 4.39 Å². The van der Waals surface area contributed by atoms with Crippen molar-refractivity contribution in [3.05, 3.63) is 72.2 Å². The molecule has 3 rings (SSSR count). The normalized spacial score (nSPS) is 10.7. The van der Waals surface area contributed by atoms with Crippen molar-refractivity contribution in [2.45, 2.75) is 6.92 Å². The van der Waals surface area contributed by atoms with Crippen LogP contribution < -0.4 is 0 Å². The highest BCUT2D eigenvalue weighted by Crippen LogP contribution is 2.26. The zero-order valence-corrected chi connectivity index (χ0v) is 11.0. The minimum Gasteiger partial charge on any atom is -0.258 e. The Labute approximate surface area is 115 Å². The Kier molecular flexibility index (Phi) is 2.99. The lowest BCUT2D eigenvalue weighted by atomic mass is 9.97. The Bertz CT molecular complexity index is 812. The van der Waals surface area contributed by atoms with E-state index in [1.807, 2.05) is 25.1 Å². The van der Waals surface area contributed by atoms with Gasteiger partial charge in [0.05, 0.1) is 11.7 Å². The van der Waals surface area contributed by atoms with Crippen LogP contribution in [0.5, 0.6) is 0 Å². The van der Waals surface area contributed by atoms with Gasteiger partial charge in [0.1, 0.15) is 12.1 Å². The second-order valence-electron chi connectivity index (χ2n) is 4.56. The number of hydrogen-bond acceptors (Lipinski definition) is 3.